The number of rotatable bonds is 3. The fourth-order valence-corrected chi connectivity index (χ4v) is 6.83. The van der Waals surface area contributed by atoms with Gasteiger partial charge in [0.2, 0.25) is 0 Å². The molecule has 8 aromatic rings. The molecule has 0 aliphatic rings. The zero-order chi connectivity index (χ0) is 27.7. The highest BCUT2D eigenvalue weighted by atomic mass is 15.1. The van der Waals surface area contributed by atoms with Crippen molar-refractivity contribution in [2.45, 2.75) is 26.2 Å². The summed E-state index contributed by atoms with van der Waals surface area (Å²) in [7, 11) is 0. The highest BCUT2D eigenvalue weighted by Crippen LogP contribution is 2.47. The molecule has 0 N–H and O–H groups in total. The van der Waals surface area contributed by atoms with Crippen LogP contribution in [0.2, 0.25) is 0 Å². The average Bonchev–Trinajstić information content (AvgIpc) is 3.00. The van der Waals surface area contributed by atoms with Crippen LogP contribution in [-0.2, 0) is 5.41 Å². The van der Waals surface area contributed by atoms with Gasteiger partial charge in [-0.15, -0.1) is 0 Å². The quantitative estimate of drug-likeness (QED) is 0.207. The first-order chi connectivity index (χ1) is 20.0. The molecule has 0 bridgehead atoms. The van der Waals surface area contributed by atoms with Crippen molar-refractivity contribution in [2.75, 3.05) is 4.90 Å². The van der Waals surface area contributed by atoms with E-state index in [0.29, 0.717) is 0 Å². The van der Waals surface area contributed by atoms with Crippen LogP contribution >= 0.6 is 0 Å². The molecule has 0 saturated carbocycles. The third-order valence-electron chi connectivity index (χ3n) is 8.71. The lowest BCUT2D eigenvalue weighted by molar-refractivity contribution is 0.596. The Kier molecular flexibility index (Phi) is 5.15. The molecule has 196 valence electrons. The molecule has 41 heavy (non-hydrogen) atoms. The molecule has 1 nitrogen and oxygen atoms in total. The first-order valence-corrected chi connectivity index (χ1v) is 14.5. The van der Waals surface area contributed by atoms with Gasteiger partial charge in [0, 0.05) is 16.2 Å². The fraction of sp³-hybridized carbons (Fsp3) is 0.100. The van der Waals surface area contributed by atoms with Crippen molar-refractivity contribution in [1.82, 2.24) is 0 Å². The van der Waals surface area contributed by atoms with E-state index in [1.54, 1.807) is 0 Å². The normalized spacial score (nSPS) is 12.3. The minimum absolute atomic E-state index is 0.0586. The first kappa shape index (κ1) is 24.0. The van der Waals surface area contributed by atoms with Gasteiger partial charge in [-0.25, -0.2) is 0 Å². The molecule has 1 heteroatoms. The Morgan fingerprint density at radius 2 is 0.829 bits per heavy atom. The summed E-state index contributed by atoms with van der Waals surface area (Å²) in [5.41, 5.74) is 5.02. The maximum Gasteiger partial charge on any atom is 0.0541 e. The van der Waals surface area contributed by atoms with E-state index in [2.05, 4.69) is 159 Å². The second-order valence-corrected chi connectivity index (χ2v) is 12.2. The third kappa shape index (κ3) is 3.62. The van der Waals surface area contributed by atoms with Crippen LogP contribution in [0.3, 0.4) is 0 Å². The van der Waals surface area contributed by atoms with Gasteiger partial charge in [-0.1, -0.05) is 136 Å². The van der Waals surface area contributed by atoms with Crippen LogP contribution < -0.4 is 4.90 Å². The Hall–Kier alpha value is -4.88. The SMILES string of the molecule is CC(C)(C)c1ccc2ccc3c(N(c4cccc5ccccc45)c4cccc5ccccc45)ccc4ccc1c2c43. The Balaban J connectivity index is 1.52. The molecule has 0 unspecified atom stereocenters. The summed E-state index contributed by atoms with van der Waals surface area (Å²) < 4.78 is 0. The van der Waals surface area contributed by atoms with Crippen molar-refractivity contribution >= 4 is 70.9 Å². The second-order valence-electron chi connectivity index (χ2n) is 12.2. The molecule has 0 aromatic heterocycles. The van der Waals surface area contributed by atoms with Gasteiger partial charge in [-0.3, -0.25) is 0 Å². The Labute approximate surface area is 240 Å². The van der Waals surface area contributed by atoms with Crippen LogP contribution in [0.4, 0.5) is 17.1 Å². The van der Waals surface area contributed by atoms with Crippen molar-refractivity contribution in [3.63, 3.8) is 0 Å². The van der Waals surface area contributed by atoms with E-state index in [1.165, 1.54) is 76.5 Å². The van der Waals surface area contributed by atoms with E-state index in [9.17, 15) is 0 Å². The van der Waals surface area contributed by atoms with Gasteiger partial charge in [-0.2, -0.15) is 0 Å². The zero-order valence-corrected chi connectivity index (χ0v) is 23.6. The van der Waals surface area contributed by atoms with Crippen LogP contribution in [0.5, 0.6) is 0 Å². The van der Waals surface area contributed by atoms with E-state index in [0.717, 1.165) is 0 Å². The standard InChI is InChI=1S/C40H31N/c1-40(2,3)34-24-20-28-19-23-33-37(25-21-29-18-22-32(34)38(28)39(29)33)41(35-16-8-12-26-10-4-6-14-30(26)35)36-17-9-13-27-11-5-7-15-31(27)36/h4-25H,1-3H3. The molecule has 0 atom stereocenters. The van der Waals surface area contributed by atoms with Crippen LogP contribution in [0.25, 0.3) is 53.9 Å². The Morgan fingerprint density at radius 3 is 1.44 bits per heavy atom. The molecule has 0 spiro atoms. The van der Waals surface area contributed by atoms with Crippen LogP contribution in [0.15, 0.2) is 133 Å². The van der Waals surface area contributed by atoms with Crippen molar-refractivity contribution in [2.24, 2.45) is 0 Å². The number of hydrogen-bond donors (Lipinski definition) is 0. The molecule has 0 fully saturated rings. The van der Waals surface area contributed by atoms with Gasteiger partial charge in [0.25, 0.3) is 0 Å². The predicted molar refractivity (Wildman–Crippen MR) is 179 cm³/mol. The monoisotopic (exact) mass is 525 g/mol. The van der Waals surface area contributed by atoms with Gasteiger partial charge in [-0.05, 0) is 66.9 Å². The molecular weight excluding hydrogens is 494 g/mol. The third-order valence-corrected chi connectivity index (χ3v) is 8.71. The molecule has 0 heterocycles. The maximum atomic E-state index is 2.49. The van der Waals surface area contributed by atoms with Gasteiger partial charge in [0.1, 0.15) is 0 Å². The van der Waals surface area contributed by atoms with Crippen molar-refractivity contribution in [1.29, 1.82) is 0 Å². The molecule has 8 aromatic carbocycles. The summed E-state index contributed by atoms with van der Waals surface area (Å²) in [5.74, 6) is 0. The smallest absolute Gasteiger partial charge is 0.0541 e. The first-order valence-electron chi connectivity index (χ1n) is 14.5. The largest absolute Gasteiger partial charge is 0.309 e. The molecule has 0 aliphatic carbocycles. The minimum atomic E-state index is 0.0586. The number of nitrogens with zero attached hydrogens (tertiary/aromatic N) is 1. The van der Waals surface area contributed by atoms with Crippen molar-refractivity contribution in [3.8, 4) is 0 Å². The lowest BCUT2D eigenvalue weighted by atomic mass is 9.81. The van der Waals surface area contributed by atoms with E-state index < -0.39 is 0 Å². The molecule has 0 saturated heterocycles. The lowest BCUT2D eigenvalue weighted by Gasteiger charge is -2.30. The summed E-state index contributed by atoms with van der Waals surface area (Å²) in [5, 5.41) is 12.9. The van der Waals surface area contributed by atoms with Crippen LogP contribution in [0, 0.1) is 0 Å². The number of anilines is 3. The summed E-state index contributed by atoms with van der Waals surface area (Å²) in [6, 6.07) is 49.3. The molecule has 0 amide bonds. The van der Waals surface area contributed by atoms with Crippen LogP contribution in [-0.4, -0.2) is 0 Å². The van der Waals surface area contributed by atoms with Gasteiger partial charge < -0.3 is 4.90 Å². The Bertz CT molecular complexity index is 2160. The summed E-state index contributed by atoms with van der Waals surface area (Å²) in [4.78, 5) is 2.49. The second kappa shape index (κ2) is 8.81. The van der Waals surface area contributed by atoms with E-state index in [1.807, 2.05) is 0 Å². The van der Waals surface area contributed by atoms with Crippen molar-refractivity contribution in [3.05, 3.63) is 139 Å². The van der Waals surface area contributed by atoms with Gasteiger partial charge >= 0.3 is 0 Å². The summed E-state index contributed by atoms with van der Waals surface area (Å²) >= 11 is 0. The zero-order valence-electron chi connectivity index (χ0n) is 23.6. The summed E-state index contributed by atoms with van der Waals surface area (Å²) in [6.45, 7) is 6.94. The molecule has 8 rings (SSSR count). The minimum Gasteiger partial charge on any atom is -0.309 e. The van der Waals surface area contributed by atoms with E-state index >= 15 is 0 Å². The molecular formula is C40H31N. The number of fused-ring (bicyclic) bond motifs is 2. The topological polar surface area (TPSA) is 3.24 Å². The number of hydrogen-bond acceptors (Lipinski definition) is 1. The lowest BCUT2D eigenvalue weighted by Crippen LogP contribution is -2.12. The van der Waals surface area contributed by atoms with Gasteiger partial charge in [0.05, 0.1) is 17.1 Å². The fourth-order valence-electron chi connectivity index (χ4n) is 6.83. The highest BCUT2D eigenvalue weighted by molar-refractivity contribution is 6.27. The number of benzene rings is 8. The Morgan fingerprint density at radius 1 is 0.366 bits per heavy atom. The highest BCUT2D eigenvalue weighted by Gasteiger charge is 2.23. The predicted octanol–water partition coefficient (Wildman–Crippen LogP) is 11.7. The van der Waals surface area contributed by atoms with E-state index in [-0.39, 0.29) is 5.41 Å². The molecule has 0 aliphatic heterocycles. The van der Waals surface area contributed by atoms with Gasteiger partial charge in [0.15, 0.2) is 0 Å². The molecule has 0 radical (unpaired) electrons. The van der Waals surface area contributed by atoms with Crippen LogP contribution in [0.1, 0.15) is 26.3 Å². The maximum absolute atomic E-state index is 2.49. The van der Waals surface area contributed by atoms with Crippen molar-refractivity contribution < 1.29 is 0 Å². The van der Waals surface area contributed by atoms with E-state index in [4.69, 9.17) is 0 Å². The summed E-state index contributed by atoms with van der Waals surface area (Å²) in [6.07, 6.45) is 0. The average molecular weight is 526 g/mol.